The van der Waals surface area contributed by atoms with Gasteiger partial charge < -0.3 is 9.47 Å². The number of hydrogen-bond acceptors (Lipinski definition) is 5. The fourth-order valence-corrected chi connectivity index (χ4v) is 4.85. The van der Waals surface area contributed by atoms with Crippen LogP contribution < -0.4 is 14.8 Å². The average Bonchev–Trinajstić information content (AvgIpc) is 3.32. The number of amides is 1. The molecule has 4 rings (SSSR count). The van der Waals surface area contributed by atoms with Crippen molar-refractivity contribution < 1.29 is 23.0 Å². The maximum Gasteiger partial charge on any atom is 0.387 e. The number of rotatable bonds is 8. The van der Waals surface area contributed by atoms with Gasteiger partial charge in [0, 0.05) is 17.0 Å². The van der Waals surface area contributed by atoms with Gasteiger partial charge in [0.05, 0.1) is 12.8 Å². The van der Waals surface area contributed by atoms with Crippen LogP contribution in [0.1, 0.15) is 49.1 Å². The quantitative estimate of drug-likeness (QED) is 0.346. The van der Waals surface area contributed by atoms with E-state index in [0.717, 1.165) is 11.3 Å². The molecule has 1 amide bonds. The third kappa shape index (κ3) is 6.20. The molecule has 0 atom stereocenters. The van der Waals surface area contributed by atoms with Gasteiger partial charge in [-0.15, -0.1) is 11.3 Å². The summed E-state index contributed by atoms with van der Waals surface area (Å²) in [7, 11) is 1.36. The highest BCUT2D eigenvalue weighted by molar-refractivity contribution is 7.14. The molecule has 1 aromatic heterocycles. The molecule has 0 spiro atoms. The third-order valence-corrected chi connectivity index (χ3v) is 6.61. The molecular weight excluding hydrogens is 458 g/mol. The van der Waals surface area contributed by atoms with Crippen molar-refractivity contribution in [3.8, 4) is 22.8 Å². The van der Waals surface area contributed by atoms with Crippen LogP contribution in [0.25, 0.3) is 17.3 Å². The topological polar surface area (TPSA) is 60.5 Å². The van der Waals surface area contributed by atoms with Gasteiger partial charge in [-0.3, -0.25) is 10.1 Å². The van der Waals surface area contributed by atoms with Crippen LogP contribution in [-0.4, -0.2) is 24.6 Å². The first kappa shape index (κ1) is 23.9. The molecule has 3 aromatic rings. The summed E-state index contributed by atoms with van der Waals surface area (Å²) in [4.78, 5) is 16.9. The van der Waals surface area contributed by atoms with Gasteiger partial charge in [-0.25, -0.2) is 4.98 Å². The summed E-state index contributed by atoms with van der Waals surface area (Å²) in [5.74, 6) is 0.399. The van der Waals surface area contributed by atoms with Crippen molar-refractivity contribution in [2.45, 2.75) is 44.6 Å². The first-order chi connectivity index (χ1) is 16.5. The molecule has 0 bridgehead atoms. The van der Waals surface area contributed by atoms with E-state index in [9.17, 15) is 13.6 Å². The first-order valence-corrected chi connectivity index (χ1v) is 12.1. The van der Waals surface area contributed by atoms with Crippen LogP contribution >= 0.6 is 11.3 Å². The zero-order valence-electron chi connectivity index (χ0n) is 18.8. The predicted octanol–water partition coefficient (Wildman–Crippen LogP) is 7.12. The van der Waals surface area contributed by atoms with Gasteiger partial charge in [0.15, 0.2) is 16.6 Å². The Hall–Kier alpha value is -3.26. The fourth-order valence-electron chi connectivity index (χ4n) is 4.13. The molecular formula is C26H26F2N2O3S. The summed E-state index contributed by atoms with van der Waals surface area (Å²) in [5.41, 5.74) is 3.83. The summed E-state index contributed by atoms with van der Waals surface area (Å²) < 4.78 is 34.4. The van der Waals surface area contributed by atoms with Crippen LogP contribution in [0.15, 0.2) is 53.9 Å². The van der Waals surface area contributed by atoms with Crippen molar-refractivity contribution in [2.75, 3.05) is 12.4 Å². The van der Waals surface area contributed by atoms with Crippen molar-refractivity contribution in [2.24, 2.45) is 0 Å². The molecule has 5 nitrogen and oxygen atoms in total. The number of methoxy groups -OCH3 is 1. The first-order valence-electron chi connectivity index (χ1n) is 11.2. The van der Waals surface area contributed by atoms with E-state index in [0.29, 0.717) is 16.6 Å². The van der Waals surface area contributed by atoms with Crippen molar-refractivity contribution in [1.82, 2.24) is 4.98 Å². The smallest absolute Gasteiger partial charge is 0.387 e. The number of ether oxygens (including phenoxy) is 2. The lowest BCUT2D eigenvalue weighted by atomic mass is 9.84. The molecule has 0 aliphatic heterocycles. The third-order valence-electron chi connectivity index (χ3n) is 5.85. The zero-order valence-corrected chi connectivity index (χ0v) is 19.6. The minimum atomic E-state index is -2.95. The second kappa shape index (κ2) is 11.2. The minimum Gasteiger partial charge on any atom is -0.493 e. The highest BCUT2D eigenvalue weighted by Gasteiger charge is 2.16. The summed E-state index contributed by atoms with van der Waals surface area (Å²) >= 11 is 1.36. The molecule has 34 heavy (non-hydrogen) atoms. The highest BCUT2D eigenvalue weighted by atomic mass is 32.1. The van der Waals surface area contributed by atoms with Crippen molar-refractivity contribution >= 4 is 28.5 Å². The Kier molecular flexibility index (Phi) is 7.90. The standard InChI is InChI=1S/C26H26F2N2O3S/c1-32-23-15-17(7-13-22(23)33-25(27)28)8-14-24(31)30-26-29-21(16-34-26)20-11-9-19(10-12-20)18-5-3-2-4-6-18/h7-16,18,25H,2-6H2,1H3,(H,29,30,31). The van der Waals surface area contributed by atoms with E-state index in [2.05, 4.69) is 39.3 Å². The Morgan fingerprint density at radius 2 is 1.88 bits per heavy atom. The molecule has 1 aliphatic carbocycles. The Morgan fingerprint density at radius 1 is 1.12 bits per heavy atom. The summed E-state index contributed by atoms with van der Waals surface area (Å²) in [5, 5.41) is 5.18. The number of anilines is 1. The number of thiazole rings is 1. The molecule has 178 valence electrons. The van der Waals surface area contributed by atoms with Crippen LogP contribution in [-0.2, 0) is 4.79 Å². The molecule has 1 fully saturated rings. The lowest BCUT2D eigenvalue weighted by Crippen LogP contribution is -2.07. The Balaban J connectivity index is 1.36. The molecule has 1 saturated carbocycles. The van der Waals surface area contributed by atoms with E-state index in [1.807, 2.05) is 5.38 Å². The molecule has 1 aliphatic rings. The normalized spacial score (nSPS) is 14.5. The molecule has 1 heterocycles. The highest BCUT2D eigenvalue weighted by Crippen LogP contribution is 2.34. The lowest BCUT2D eigenvalue weighted by Gasteiger charge is -2.22. The number of nitrogens with one attached hydrogen (secondary N) is 1. The van der Waals surface area contributed by atoms with Gasteiger partial charge in [0.2, 0.25) is 5.91 Å². The van der Waals surface area contributed by atoms with Crippen LogP contribution in [0.5, 0.6) is 11.5 Å². The number of halogens is 2. The van der Waals surface area contributed by atoms with Gasteiger partial charge in [-0.05, 0) is 48.1 Å². The maximum absolute atomic E-state index is 12.5. The molecule has 0 saturated heterocycles. The zero-order chi connectivity index (χ0) is 23.9. The lowest BCUT2D eigenvalue weighted by molar-refractivity contribution is -0.111. The van der Waals surface area contributed by atoms with Crippen molar-refractivity contribution in [3.63, 3.8) is 0 Å². The van der Waals surface area contributed by atoms with E-state index in [1.165, 1.54) is 74.3 Å². The monoisotopic (exact) mass is 484 g/mol. The number of aromatic nitrogens is 1. The van der Waals surface area contributed by atoms with Gasteiger partial charge in [-0.1, -0.05) is 49.6 Å². The van der Waals surface area contributed by atoms with Crippen LogP contribution in [0.3, 0.4) is 0 Å². The van der Waals surface area contributed by atoms with Crippen molar-refractivity contribution in [3.05, 3.63) is 65.0 Å². The summed E-state index contributed by atoms with van der Waals surface area (Å²) in [6.45, 7) is -2.95. The number of carbonyl (C=O) groups excluding carboxylic acids is 1. The van der Waals surface area contributed by atoms with Crippen LogP contribution in [0.4, 0.5) is 13.9 Å². The van der Waals surface area contributed by atoms with Crippen LogP contribution in [0.2, 0.25) is 0 Å². The minimum absolute atomic E-state index is 0.0683. The second-order valence-corrected chi connectivity index (χ2v) is 8.96. The Morgan fingerprint density at radius 3 is 2.59 bits per heavy atom. The number of hydrogen-bond donors (Lipinski definition) is 1. The van der Waals surface area contributed by atoms with Gasteiger partial charge >= 0.3 is 6.61 Å². The van der Waals surface area contributed by atoms with E-state index in [4.69, 9.17) is 4.74 Å². The number of alkyl halides is 2. The maximum atomic E-state index is 12.5. The van der Waals surface area contributed by atoms with Crippen molar-refractivity contribution in [1.29, 1.82) is 0 Å². The van der Waals surface area contributed by atoms with E-state index in [1.54, 1.807) is 12.1 Å². The number of carbonyl (C=O) groups is 1. The Bertz CT molecular complexity index is 1140. The molecule has 8 heteroatoms. The number of nitrogens with zero attached hydrogens (tertiary/aromatic N) is 1. The van der Waals surface area contributed by atoms with E-state index >= 15 is 0 Å². The van der Waals surface area contributed by atoms with E-state index < -0.39 is 6.61 Å². The largest absolute Gasteiger partial charge is 0.493 e. The van der Waals surface area contributed by atoms with Crippen LogP contribution in [0, 0.1) is 0 Å². The molecule has 1 N–H and O–H groups in total. The second-order valence-electron chi connectivity index (χ2n) is 8.11. The van der Waals surface area contributed by atoms with Gasteiger partial charge in [0.25, 0.3) is 0 Å². The van der Waals surface area contributed by atoms with Gasteiger partial charge in [-0.2, -0.15) is 8.78 Å². The van der Waals surface area contributed by atoms with E-state index in [-0.39, 0.29) is 17.4 Å². The molecule has 2 aromatic carbocycles. The Labute approximate surface area is 201 Å². The molecule has 0 unspecified atom stereocenters. The SMILES string of the molecule is COc1cc(C=CC(=O)Nc2nc(-c3ccc(C4CCCCC4)cc3)cs2)ccc1OC(F)F. The average molecular weight is 485 g/mol. The summed E-state index contributed by atoms with van der Waals surface area (Å²) in [6.07, 6.45) is 9.39. The summed E-state index contributed by atoms with van der Waals surface area (Å²) in [6, 6.07) is 13.0. The van der Waals surface area contributed by atoms with Gasteiger partial charge in [0.1, 0.15) is 0 Å². The number of benzene rings is 2. The fraction of sp³-hybridized carbons (Fsp3) is 0.308. The molecule has 0 radical (unpaired) electrons. The predicted molar refractivity (Wildman–Crippen MR) is 131 cm³/mol.